The first-order chi connectivity index (χ1) is 5.35. The number of nitrogens with one attached hydrogen (secondary N) is 1. The molecule has 0 unspecified atom stereocenters. The summed E-state index contributed by atoms with van der Waals surface area (Å²) in [6, 6.07) is 0. The largest absolute Gasteiger partial charge is 0.316 e. The SMILES string of the molecule is C/C=C\C(=C/C=NC)CNC. The predicted molar refractivity (Wildman–Crippen MR) is 51.2 cm³/mol. The molecule has 0 aliphatic heterocycles. The third-order valence-electron chi connectivity index (χ3n) is 1.20. The molecule has 0 aromatic heterocycles. The summed E-state index contributed by atoms with van der Waals surface area (Å²) in [5.41, 5.74) is 1.24. The second-order valence-electron chi connectivity index (χ2n) is 2.18. The van der Waals surface area contributed by atoms with Gasteiger partial charge in [-0.3, -0.25) is 4.99 Å². The van der Waals surface area contributed by atoms with Gasteiger partial charge in [-0.15, -0.1) is 0 Å². The van der Waals surface area contributed by atoms with Gasteiger partial charge in [0.15, 0.2) is 0 Å². The molecule has 0 aromatic carbocycles. The van der Waals surface area contributed by atoms with Crippen LogP contribution in [0.25, 0.3) is 0 Å². The summed E-state index contributed by atoms with van der Waals surface area (Å²) in [6.07, 6.45) is 7.88. The van der Waals surface area contributed by atoms with E-state index in [9.17, 15) is 0 Å². The van der Waals surface area contributed by atoms with Crippen LogP contribution in [0.5, 0.6) is 0 Å². The number of hydrogen-bond donors (Lipinski definition) is 1. The van der Waals surface area contributed by atoms with E-state index in [1.54, 1.807) is 13.3 Å². The molecular weight excluding hydrogens is 136 g/mol. The molecule has 0 amide bonds. The lowest BCUT2D eigenvalue weighted by molar-refractivity contribution is 0.896. The van der Waals surface area contributed by atoms with Gasteiger partial charge in [-0.2, -0.15) is 0 Å². The minimum atomic E-state index is 0.885. The summed E-state index contributed by atoms with van der Waals surface area (Å²) in [7, 11) is 3.70. The molecule has 62 valence electrons. The maximum Gasteiger partial charge on any atom is 0.0277 e. The number of allylic oxidation sites excluding steroid dienone is 2. The van der Waals surface area contributed by atoms with Gasteiger partial charge >= 0.3 is 0 Å². The van der Waals surface area contributed by atoms with Crippen molar-refractivity contribution in [1.82, 2.24) is 5.32 Å². The molecule has 2 nitrogen and oxygen atoms in total. The van der Waals surface area contributed by atoms with E-state index < -0.39 is 0 Å². The Kier molecular flexibility index (Phi) is 6.64. The van der Waals surface area contributed by atoms with Crippen molar-refractivity contribution in [3.63, 3.8) is 0 Å². The molecule has 0 aromatic rings. The predicted octanol–water partition coefficient (Wildman–Crippen LogP) is 1.41. The fourth-order valence-electron chi connectivity index (χ4n) is 0.762. The molecule has 0 aliphatic rings. The first-order valence-corrected chi connectivity index (χ1v) is 3.73. The minimum Gasteiger partial charge on any atom is -0.316 e. The van der Waals surface area contributed by atoms with Crippen molar-refractivity contribution in [2.45, 2.75) is 6.92 Å². The lowest BCUT2D eigenvalue weighted by atomic mass is 10.2. The quantitative estimate of drug-likeness (QED) is 0.478. The van der Waals surface area contributed by atoms with E-state index in [4.69, 9.17) is 0 Å². The van der Waals surface area contributed by atoms with Gasteiger partial charge in [0.25, 0.3) is 0 Å². The highest BCUT2D eigenvalue weighted by molar-refractivity contribution is 5.72. The average Bonchev–Trinajstić information content (AvgIpc) is 2.01. The van der Waals surface area contributed by atoms with Crippen molar-refractivity contribution >= 4 is 6.21 Å². The zero-order chi connectivity index (χ0) is 8.53. The van der Waals surface area contributed by atoms with Crippen molar-refractivity contribution in [2.75, 3.05) is 20.6 Å². The van der Waals surface area contributed by atoms with Crippen LogP contribution in [0.2, 0.25) is 0 Å². The van der Waals surface area contributed by atoms with Crippen molar-refractivity contribution in [3.8, 4) is 0 Å². The fraction of sp³-hybridized carbons (Fsp3) is 0.444. The van der Waals surface area contributed by atoms with Crippen LogP contribution in [0.3, 0.4) is 0 Å². The van der Waals surface area contributed by atoms with Crippen LogP contribution in [-0.4, -0.2) is 26.9 Å². The van der Waals surface area contributed by atoms with Gasteiger partial charge in [0.2, 0.25) is 0 Å². The first kappa shape index (κ1) is 10.1. The maximum absolute atomic E-state index is 3.88. The van der Waals surface area contributed by atoms with Crippen LogP contribution in [0, 0.1) is 0 Å². The number of nitrogens with zero attached hydrogens (tertiary/aromatic N) is 1. The molecular formula is C9H16N2. The number of hydrogen-bond acceptors (Lipinski definition) is 2. The van der Waals surface area contributed by atoms with E-state index in [0.29, 0.717) is 0 Å². The van der Waals surface area contributed by atoms with Crippen molar-refractivity contribution in [1.29, 1.82) is 0 Å². The smallest absolute Gasteiger partial charge is 0.0277 e. The molecule has 0 saturated carbocycles. The number of likely N-dealkylation sites (N-methyl/N-ethyl adjacent to an activating group) is 1. The highest BCUT2D eigenvalue weighted by atomic mass is 14.8. The summed E-state index contributed by atoms with van der Waals surface area (Å²) in [4.78, 5) is 3.88. The third kappa shape index (κ3) is 5.55. The van der Waals surface area contributed by atoms with Gasteiger partial charge in [-0.05, 0) is 25.6 Å². The van der Waals surface area contributed by atoms with Gasteiger partial charge in [0.05, 0.1) is 0 Å². The third-order valence-corrected chi connectivity index (χ3v) is 1.20. The molecule has 0 saturated heterocycles. The standard InChI is InChI=1S/C9H16N2/c1-4-5-9(8-11-3)6-7-10-2/h4-7,11H,8H2,1-3H3/b5-4-,9-6+,10-7?. The molecule has 0 fully saturated rings. The Bertz CT molecular complexity index is 166. The Balaban J connectivity index is 4.07. The van der Waals surface area contributed by atoms with Crippen molar-refractivity contribution in [2.24, 2.45) is 4.99 Å². The summed E-state index contributed by atoms with van der Waals surface area (Å²) >= 11 is 0. The Hall–Kier alpha value is -0.890. The Morgan fingerprint density at radius 3 is 2.73 bits per heavy atom. The van der Waals surface area contributed by atoms with Crippen molar-refractivity contribution < 1.29 is 0 Å². The second-order valence-corrected chi connectivity index (χ2v) is 2.18. The van der Waals surface area contributed by atoms with Gasteiger partial charge in [0.1, 0.15) is 0 Å². The Labute approximate surface area is 68.7 Å². The summed E-state index contributed by atoms with van der Waals surface area (Å²) in [6.45, 7) is 2.89. The lowest BCUT2D eigenvalue weighted by Crippen LogP contribution is -2.09. The molecule has 0 aliphatic carbocycles. The van der Waals surface area contributed by atoms with Crippen molar-refractivity contribution in [3.05, 3.63) is 23.8 Å². The first-order valence-electron chi connectivity index (χ1n) is 3.73. The molecule has 0 heterocycles. The van der Waals surface area contributed by atoms with Crippen LogP contribution in [0.1, 0.15) is 6.92 Å². The highest BCUT2D eigenvalue weighted by Gasteiger charge is 1.85. The normalized spacial score (nSPS) is 13.5. The molecule has 0 radical (unpaired) electrons. The van der Waals surface area contributed by atoms with E-state index in [0.717, 1.165) is 6.54 Å². The molecule has 0 rings (SSSR count). The second kappa shape index (κ2) is 7.22. The zero-order valence-electron chi connectivity index (χ0n) is 7.46. The van der Waals surface area contributed by atoms with Crippen LogP contribution in [-0.2, 0) is 0 Å². The summed E-state index contributed by atoms with van der Waals surface area (Å²) in [5, 5.41) is 3.08. The Morgan fingerprint density at radius 1 is 1.55 bits per heavy atom. The monoisotopic (exact) mass is 152 g/mol. The van der Waals surface area contributed by atoms with Crippen LogP contribution in [0.15, 0.2) is 28.8 Å². The zero-order valence-corrected chi connectivity index (χ0v) is 7.46. The van der Waals surface area contributed by atoms with E-state index in [2.05, 4.69) is 16.4 Å². The molecule has 11 heavy (non-hydrogen) atoms. The fourth-order valence-corrected chi connectivity index (χ4v) is 0.762. The molecule has 0 atom stereocenters. The average molecular weight is 152 g/mol. The highest BCUT2D eigenvalue weighted by Crippen LogP contribution is 1.92. The van der Waals surface area contributed by atoms with E-state index >= 15 is 0 Å². The van der Waals surface area contributed by atoms with Gasteiger partial charge in [-0.1, -0.05) is 12.2 Å². The van der Waals surface area contributed by atoms with E-state index in [1.807, 2.05) is 26.1 Å². The summed E-state index contributed by atoms with van der Waals surface area (Å²) < 4.78 is 0. The lowest BCUT2D eigenvalue weighted by Gasteiger charge is -1.97. The summed E-state index contributed by atoms with van der Waals surface area (Å²) in [5.74, 6) is 0. The molecule has 2 heteroatoms. The maximum atomic E-state index is 3.88. The van der Waals surface area contributed by atoms with Crippen LogP contribution < -0.4 is 5.32 Å². The molecule has 0 bridgehead atoms. The van der Waals surface area contributed by atoms with Crippen LogP contribution >= 0.6 is 0 Å². The van der Waals surface area contributed by atoms with E-state index in [1.165, 1.54) is 5.57 Å². The molecule has 1 N–H and O–H groups in total. The topological polar surface area (TPSA) is 24.4 Å². The molecule has 0 spiro atoms. The van der Waals surface area contributed by atoms with Gasteiger partial charge in [0, 0.05) is 19.8 Å². The van der Waals surface area contributed by atoms with Gasteiger partial charge in [-0.25, -0.2) is 0 Å². The van der Waals surface area contributed by atoms with Crippen LogP contribution in [0.4, 0.5) is 0 Å². The Morgan fingerprint density at radius 2 is 2.27 bits per heavy atom. The number of aliphatic imine (C=N–C) groups is 1. The van der Waals surface area contributed by atoms with Gasteiger partial charge < -0.3 is 5.32 Å². The number of rotatable bonds is 4. The van der Waals surface area contributed by atoms with E-state index in [-0.39, 0.29) is 0 Å². The minimum absolute atomic E-state index is 0.885.